The summed E-state index contributed by atoms with van der Waals surface area (Å²) in [6, 6.07) is 3.15. The van der Waals surface area contributed by atoms with Crippen molar-refractivity contribution in [3.8, 4) is 0 Å². The molecule has 4 nitrogen and oxygen atoms in total. The lowest BCUT2D eigenvalue weighted by Gasteiger charge is -2.10. The maximum absolute atomic E-state index is 11.8. The van der Waals surface area contributed by atoms with Gasteiger partial charge in [-0.15, -0.1) is 0 Å². The van der Waals surface area contributed by atoms with Crippen LogP contribution in [0.5, 0.6) is 0 Å². The summed E-state index contributed by atoms with van der Waals surface area (Å²) in [5.74, 6) is 0.0395. The monoisotopic (exact) mass is 239 g/mol. The summed E-state index contributed by atoms with van der Waals surface area (Å²) >= 11 is 5.88. The molecule has 0 radical (unpaired) electrons. The molecule has 1 aliphatic rings. The number of aromatic nitrogens is 1. The molecular formula is C11H14ClN3O. The van der Waals surface area contributed by atoms with Crippen LogP contribution in [0.4, 0.5) is 5.82 Å². The van der Waals surface area contributed by atoms with Gasteiger partial charge in [-0.2, -0.15) is 0 Å². The van der Waals surface area contributed by atoms with Crippen molar-refractivity contribution in [2.24, 2.45) is 5.41 Å². The molecule has 16 heavy (non-hydrogen) atoms. The Balaban J connectivity index is 2.05. The summed E-state index contributed by atoms with van der Waals surface area (Å²) < 4.78 is 0. The molecule has 1 aromatic rings. The molecule has 0 aromatic carbocycles. The van der Waals surface area contributed by atoms with E-state index in [9.17, 15) is 4.79 Å². The van der Waals surface area contributed by atoms with Crippen molar-refractivity contribution in [2.75, 3.05) is 12.3 Å². The molecule has 1 amide bonds. The summed E-state index contributed by atoms with van der Waals surface area (Å²) in [6.45, 7) is 2.81. The highest BCUT2D eigenvalue weighted by Gasteiger charge is 2.37. The number of carbonyl (C=O) groups excluding carboxylic acids is 1. The van der Waals surface area contributed by atoms with Crippen LogP contribution in [0, 0.1) is 5.41 Å². The average Bonchev–Trinajstić information content (AvgIpc) is 2.97. The number of pyridine rings is 1. The van der Waals surface area contributed by atoms with Crippen molar-refractivity contribution in [1.82, 2.24) is 10.3 Å². The SMILES string of the molecule is CC1(CNC(=O)c2nc(N)ccc2Cl)CC1. The molecule has 1 fully saturated rings. The largest absolute Gasteiger partial charge is 0.384 e. The topological polar surface area (TPSA) is 68.0 Å². The van der Waals surface area contributed by atoms with E-state index in [4.69, 9.17) is 17.3 Å². The van der Waals surface area contributed by atoms with Gasteiger partial charge in [-0.25, -0.2) is 4.98 Å². The Bertz CT molecular complexity index is 429. The second-order valence-corrected chi connectivity index (χ2v) is 4.97. The first-order chi connectivity index (χ1) is 7.50. The number of nitrogen functional groups attached to an aromatic ring is 1. The van der Waals surface area contributed by atoms with E-state index < -0.39 is 0 Å². The Hall–Kier alpha value is -1.29. The smallest absolute Gasteiger partial charge is 0.271 e. The molecule has 0 aliphatic heterocycles. The Kier molecular flexibility index (Phi) is 2.76. The molecule has 0 saturated heterocycles. The number of hydrogen-bond acceptors (Lipinski definition) is 3. The molecule has 1 aromatic heterocycles. The summed E-state index contributed by atoms with van der Waals surface area (Å²) in [6.07, 6.45) is 2.32. The van der Waals surface area contributed by atoms with Crippen LogP contribution in [0.1, 0.15) is 30.3 Å². The fraction of sp³-hybridized carbons (Fsp3) is 0.455. The Labute approximate surface area is 99.2 Å². The van der Waals surface area contributed by atoms with Crippen LogP contribution in [0.3, 0.4) is 0 Å². The fourth-order valence-electron chi connectivity index (χ4n) is 1.38. The van der Waals surface area contributed by atoms with Crippen molar-refractivity contribution in [3.63, 3.8) is 0 Å². The number of halogens is 1. The lowest BCUT2D eigenvalue weighted by molar-refractivity contribution is 0.0941. The number of anilines is 1. The molecule has 3 N–H and O–H groups in total. The molecule has 86 valence electrons. The Morgan fingerprint density at radius 1 is 1.62 bits per heavy atom. The van der Waals surface area contributed by atoms with E-state index in [0.717, 1.165) is 12.8 Å². The number of hydrogen-bond donors (Lipinski definition) is 2. The van der Waals surface area contributed by atoms with E-state index in [2.05, 4.69) is 17.2 Å². The summed E-state index contributed by atoms with van der Waals surface area (Å²) in [7, 11) is 0. The first kappa shape index (κ1) is 11.2. The maximum atomic E-state index is 11.8. The fourth-order valence-corrected chi connectivity index (χ4v) is 1.58. The molecule has 0 bridgehead atoms. The normalized spacial score (nSPS) is 16.9. The Morgan fingerprint density at radius 2 is 2.31 bits per heavy atom. The van der Waals surface area contributed by atoms with Crippen LogP contribution in [-0.2, 0) is 0 Å². The highest BCUT2D eigenvalue weighted by molar-refractivity contribution is 6.33. The van der Waals surface area contributed by atoms with Gasteiger partial charge in [0.05, 0.1) is 5.02 Å². The number of rotatable bonds is 3. The zero-order valence-corrected chi connectivity index (χ0v) is 9.84. The van der Waals surface area contributed by atoms with E-state index in [0.29, 0.717) is 17.4 Å². The number of nitrogens with one attached hydrogen (secondary N) is 1. The maximum Gasteiger partial charge on any atom is 0.271 e. The molecule has 1 saturated carbocycles. The predicted octanol–water partition coefficient (Wildman–Crippen LogP) is 1.85. The van der Waals surface area contributed by atoms with Gasteiger partial charge < -0.3 is 11.1 Å². The molecule has 5 heteroatoms. The van der Waals surface area contributed by atoms with E-state index in [-0.39, 0.29) is 17.0 Å². The van der Waals surface area contributed by atoms with Crippen molar-refractivity contribution in [1.29, 1.82) is 0 Å². The van der Waals surface area contributed by atoms with Gasteiger partial charge in [0.2, 0.25) is 0 Å². The molecule has 2 rings (SSSR count). The number of nitrogens with two attached hydrogens (primary N) is 1. The van der Waals surface area contributed by atoms with Crippen LogP contribution in [0.15, 0.2) is 12.1 Å². The van der Waals surface area contributed by atoms with Gasteiger partial charge in [0.25, 0.3) is 5.91 Å². The first-order valence-corrected chi connectivity index (χ1v) is 5.58. The Morgan fingerprint density at radius 3 is 2.94 bits per heavy atom. The summed E-state index contributed by atoms with van der Waals surface area (Å²) in [4.78, 5) is 15.7. The molecule has 0 spiro atoms. The van der Waals surface area contributed by atoms with Gasteiger partial charge in [-0.3, -0.25) is 4.79 Å². The van der Waals surface area contributed by atoms with E-state index >= 15 is 0 Å². The minimum Gasteiger partial charge on any atom is -0.384 e. The van der Waals surface area contributed by atoms with Crippen LogP contribution < -0.4 is 11.1 Å². The van der Waals surface area contributed by atoms with Gasteiger partial charge in [0.1, 0.15) is 11.5 Å². The molecular weight excluding hydrogens is 226 g/mol. The standard InChI is InChI=1S/C11H14ClN3O/c1-11(4-5-11)6-14-10(16)9-7(12)2-3-8(13)15-9/h2-3H,4-6H2,1H3,(H2,13,15)(H,14,16). The van der Waals surface area contributed by atoms with Gasteiger partial charge >= 0.3 is 0 Å². The molecule has 1 heterocycles. The van der Waals surface area contributed by atoms with Crippen molar-refractivity contribution < 1.29 is 4.79 Å². The first-order valence-electron chi connectivity index (χ1n) is 5.20. The van der Waals surface area contributed by atoms with E-state index in [1.54, 1.807) is 12.1 Å². The van der Waals surface area contributed by atoms with Crippen LogP contribution in [0.2, 0.25) is 5.02 Å². The number of amides is 1. The van der Waals surface area contributed by atoms with E-state index in [1.165, 1.54) is 0 Å². The zero-order valence-electron chi connectivity index (χ0n) is 9.09. The molecule has 0 unspecified atom stereocenters. The van der Waals surface area contributed by atoms with Gasteiger partial charge in [-0.05, 0) is 30.4 Å². The third-order valence-electron chi connectivity index (χ3n) is 2.86. The third kappa shape index (κ3) is 2.44. The highest BCUT2D eigenvalue weighted by Crippen LogP contribution is 2.44. The van der Waals surface area contributed by atoms with Crippen LogP contribution >= 0.6 is 11.6 Å². The summed E-state index contributed by atoms with van der Waals surface area (Å²) in [5, 5.41) is 3.15. The summed E-state index contributed by atoms with van der Waals surface area (Å²) in [5.41, 5.74) is 5.98. The minimum absolute atomic E-state index is 0.200. The lowest BCUT2D eigenvalue weighted by Crippen LogP contribution is -2.30. The molecule has 1 aliphatic carbocycles. The van der Waals surface area contributed by atoms with Gasteiger partial charge in [-0.1, -0.05) is 18.5 Å². The van der Waals surface area contributed by atoms with Gasteiger partial charge in [0.15, 0.2) is 0 Å². The zero-order chi connectivity index (χ0) is 11.8. The van der Waals surface area contributed by atoms with Crippen molar-refractivity contribution in [3.05, 3.63) is 22.8 Å². The second-order valence-electron chi connectivity index (χ2n) is 4.56. The number of nitrogens with zero attached hydrogens (tertiary/aromatic N) is 1. The third-order valence-corrected chi connectivity index (χ3v) is 3.17. The second kappa shape index (κ2) is 3.94. The van der Waals surface area contributed by atoms with E-state index in [1.807, 2.05) is 0 Å². The van der Waals surface area contributed by atoms with Crippen LogP contribution in [-0.4, -0.2) is 17.4 Å². The number of carbonyl (C=O) groups is 1. The van der Waals surface area contributed by atoms with Crippen LogP contribution in [0.25, 0.3) is 0 Å². The predicted molar refractivity (Wildman–Crippen MR) is 63.3 cm³/mol. The highest BCUT2D eigenvalue weighted by atomic mass is 35.5. The average molecular weight is 240 g/mol. The minimum atomic E-state index is -0.259. The van der Waals surface area contributed by atoms with Gasteiger partial charge in [0, 0.05) is 6.54 Å². The lowest BCUT2D eigenvalue weighted by atomic mass is 10.1. The quantitative estimate of drug-likeness (QED) is 0.846. The van der Waals surface area contributed by atoms with Crippen molar-refractivity contribution in [2.45, 2.75) is 19.8 Å². The molecule has 0 atom stereocenters. The van der Waals surface area contributed by atoms with Crippen molar-refractivity contribution >= 4 is 23.3 Å².